The number of rotatable bonds is 10. The van der Waals surface area contributed by atoms with E-state index in [1.165, 1.54) is 18.3 Å². The van der Waals surface area contributed by atoms with Gasteiger partial charge in [0.1, 0.15) is 17.7 Å². The summed E-state index contributed by atoms with van der Waals surface area (Å²) in [6.45, 7) is 2.79. The Morgan fingerprint density at radius 2 is 1.91 bits per heavy atom. The second kappa shape index (κ2) is 11.6. The molecule has 3 aromatic rings. The molecule has 7 heteroatoms. The highest BCUT2D eigenvalue weighted by Gasteiger charge is 2.35. The summed E-state index contributed by atoms with van der Waals surface area (Å²) in [5, 5.41) is 11.2. The predicted molar refractivity (Wildman–Crippen MR) is 136 cm³/mol. The Morgan fingerprint density at radius 1 is 1.17 bits per heavy atom. The average Bonchev–Trinajstić information content (AvgIpc) is 2.89. The number of aromatic nitrogens is 1. The van der Waals surface area contributed by atoms with Gasteiger partial charge >= 0.3 is 0 Å². The molecular weight excluding hydrogens is 470 g/mol. The van der Waals surface area contributed by atoms with Gasteiger partial charge in [0, 0.05) is 23.8 Å². The van der Waals surface area contributed by atoms with Crippen molar-refractivity contribution in [2.75, 3.05) is 33.4 Å². The molecule has 1 atom stereocenters. The summed E-state index contributed by atoms with van der Waals surface area (Å²) in [6, 6.07) is 12.1. The molecule has 188 valence electrons. The van der Waals surface area contributed by atoms with Crippen LogP contribution < -0.4 is 4.74 Å². The Morgan fingerprint density at radius 3 is 2.60 bits per heavy atom. The van der Waals surface area contributed by atoms with E-state index in [0.717, 1.165) is 50.9 Å². The van der Waals surface area contributed by atoms with Crippen molar-refractivity contribution in [3.63, 3.8) is 0 Å². The standard InChI is InChI=1S/C28H33ClF2N2O2/c1-35-22-8-9-26-23(17-22)27(24(29)18-32-26)25(31)10-11-28(19-34)12-15-33(16-13-28)14-2-3-20-4-6-21(30)7-5-20/h4-9,17-18,25,34H,2-3,10-16,19H2,1H3/t25-/m0/s1. The highest BCUT2D eigenvalue weighted by atomic mass is 35.5. The molecule has 4 rings (SSSR count). The number of aliphatic hydroxyl groups excluding tert-OH is 1. The summed E-state index contributed by atoms with van der Waals surface area (Å²) in [4.78, 5) is 6.73. The van der Waals surface area contributed by atoms with Gasteiger partial charge in [-0.25, -0.2) is 8.78 Å². The maximum Gasteiger partial charge on any atom is 0.127 e. The molecule has 1 aliphatic heterocycles. The van der Waals surface area contributed by atoms with Crippen LogP contribution in [-0.2, 0) is 6.42 Å². The third kappa shape index (κ3) is 6.29. The molecule has 0 amide bonds. The lowest BCUT2D eigenvalue weighted by Gasteiger charge is -2.41. The summed E-state index contributed by atoms with van der Waals surface area (Å²) in [7, 11) is 1.58. The highest BCUT2D eigenvalue weighted by molar-refractivity contribution is 6.32. The summed E-state index contributed by atoms with van der Waals surface area (Å²) in [5.41, 5.74) is 1.99. The van der Waals surface area contributed by atoms with Crippen LogP contribution in [0.2, 0.25) is 5.02 Å². The van der Waals surface area contributed by atoms with Gasteiger partial charge in [-0.15, -0.1) is 0 Å². The van der Waals surface area contributed by atoms with Gasteiger partial charge < -0.3 is 14.7 Å². The molecule has 1 aliphatic rings. The monoisotopic (exact) mass is 502 g/mol. The Hall–Kier alpha value is -2.28. The van der Waals surface area contributed by atoms with Crippen LogP contribution in [0.15, 0.2) is 48.7 Å². The molecule has 0 unspecified atom stereocenters. The number of nitrogens with zero attached hydrogens (tertiary/aromatic N) is 2. The quantitative estimate of drug-likeness (QED) is 0.342. The van der Waals surface area contributed by atoms with Gasteiger partial charge in [-0.3, -0.25) is 4.98 Å². The van der Waals surface area contributed by atoms with E-state index >= 15 is 4.39 Å². The van der Waals surface area contributed by atoms with E-state index in [1.54, 1.807) is 19.2 Å². The lowest BCUT2D eigenvalue weighted by atomic mass is 9.74. The molecule has 1 saturated heterocycles. The van der Waals surface area contributed by atoms with Gasteiger partial charge in [0.2, 0.25) is 0 Å². The second-order valence-corrected chi connectivity index (χ2v) is 10.0. The van der Waals surface area contributed by atoms with Gasteiger partial charge in [-0.1, -0.05) is 23.7 Å². The number of halogens is 3. The van der Waals surface area contributed by atoms with Crippen LogP contribution >= 0.6 is 11.6 Å². The number of fused-ring (bicyclic) bond motifs is 1. The van der Waals surface area contributed by atoms with Crippen LogP contribution in [0.4, 0.5) is 8.78 Å². The lowest BCUT2D eigenvalue weighted by Crippen LogP contribution is -2.42. The number of hydrogen-bond donors (Lipinski definition) is 1. The first kappa shape index (κ1) is 25.8. The number of alkyl halides is 1. The van der Waals surface area contributed by atoms with E-state index in [2.05, 4.69) is 9.88 Å². The summed E-state index contributed by atoms with van der Waals surface area (Å²) in [6.07, 6.45) is 4.73. The smallest absolute Gasteiger partial charge is 0.127 e. The van der Waals surface area contributed by atoms with E-state index in [-0.39, 0.29) is 17.8 Å². The van der Waals surface area contributed by atoms with Gasteiger partial charge in [-0.2, -0.15) is 0 Å². The second-order valence-electron chi connectivity index (χ2n) is 9.64. The molecule has 1 aromatic heterocycles. The highest BCUT2D eigenvalue weighted by Crippen LogP contribution is 2.41. The number of aliphatic hydroxyl groups is 1. The molecule has 2 heterocycles. The number of methoxy groups -OCH3 is 1. The van der Waals surface area contributed by atoms with Crippen molar-refractivity contribution in [3.05, 3.63) is 70.6 Å². The van der Waals surface area contributed by atoms with Gasteiger partial charge in [0.05, 0.1) is 17.6 Å². The van der Waals surface area contributed by atoms with Gasteiger partial charge in [-0.05, 0) is 99.5 Å². The normalized spacial score (nSPS) is 16.9. The minimum absolute atomic E-state index is 0.0573. The van der Waals surface area contributed by atoms with E-state index < -0.39 is 6.17 Å². The fraction of sp³-hybridized carbons (Fsp3) is 0.464. The average molecular weight is 503 g/mol. The van der Waals surface area contributed by atoms with Crippen molar-refractivity contribution in [2.24, 2.45) is 5.41 Å². The van der Waals surface area contributed by atoms with Crippen LogP contribution in [0.25, 0.3) is 10.9 Å². The van der Waals surface area contributed by atoms with E-state index in [1.807, 2.05) is 18.2 Å². The number of pyridine rings is 1. The van der Waals surface area contributed by atoms with Crippen LogP contribution in [0.5, 0.6) is 5.75 Å². The van der Waals surface area contributed by atoms with Gasteiger partial charge in [0.15, 0.2) is 0 Å². The molecule has 4 nitrogen and oxygen atoms in total. The fourth-order valence-corrected chi connectivity index (χ4v) is 5.36. The van der Waals surface area contributed by atoms with Crippen LogP contribution in [0.1, 0.15) is 49.4 Å². The molecule has 0 spiro atoms. The first-order valence-corrected chi connectivity index (χ1v) is 12.6. The SMILES string of the molecule is COc1ccc2ncc(Cl)c([C@@H](F)CCC3(CO)CCN(CCCc4ccc(F)cc4)CC3)c2c1. The maximum atomic E-state index is 15.6. The van der Waals surface area contributed by atoms with Crippen molar-refractivity contribution in [2.45, 2.75) is 44.7 Å². The molecule has 0 saturated carbocycles. The molecule has 1 fully saturated rings. The van der Waals surface area contributed by atoms with Crippen molar-refractivity contribution >= 4 is 22.5 Å². The van der Waals surface area contributed by atoms with Crippen molar-refractivity contribution in [1.29, 1.82) is 0 Å². The van der Waals surface area contributed by atoms with Gasteiger partial charge in [0.25, 0.3) is 0 Å². The molecule has 0 radical (unpaired) electrons. The summed E-state index contributed by atoms with van der Waals surface area (Å²) >= 11 is 6.39. The number of piperidine rings is 1. The summed E-state index contributed by atoms with van der Waals surface area (Å²) in [5.74, 6) is 0.424. The van der Waals surface area contributed by atoms with E-state index in [4.69, 9.17) is 16.3 Å². The Balaban J connectivity index is 1.33. The molecule has 2 aromatic carbocycles. The van der Waals surface area contributed by atoms with Crippen LogP contribution in [-0.4, -0.2) is 48.3 Å². The molecule has 1 N–H and O–H groups in total. The fourth-order valence-electron chi connectivity index (χ4n) is 5.09. The molecule has 35 heavy (non-hydrogen) atoms. The third-order valence-electron chi connectivity index (χ3n) is 7.41. The number of ether oxygens (including phenoxy) is 1. The first-order valence-electron chi connectivity index (χ1n) is 12.3. The topological polar surface area (TPSA) is 45.6 Å². The zero-order valence-electron chi connectivity index (χ0n) is 20.2. The molecule has 0 aliphatic carbocycles. The van der Waals surface area contributed by atoms with Crippen molar-refractivity contribution in [1.82, 2.24) is 9.88 Å². The van der Waals surface area contributed by atoms with Crippen molar-refractivity contribution < 1.29 is 18.6 Å². The largest absolute Gasteiger partial charge is 0.497 e. The third-order valence-corrected chi connectivity index (χ3v) is 7.72. The maximum absolute atomic E-state index is 15.6. The number of benzene rings is 2. The van der Waals surface area contributed by atoms with E-state index in [0.29, 0.717) is 40.1 Å². The Labute approximate surface area is 210 Å². The molecular formula is C28H33ClF2N2O2. The Kier molecular flexibility index (Phi) is 8.58. The first-order chi connectivity index (χ1) is 16.9. The molecule has 0 bridgehead atoms. The zero-order valence-corrected chi connectivity index (χ0v) is 20.9. The summed E-state index contributed by atoms with van der Waals surface area (Å²) < 4.78 is 34.0. The predicted octanol–water partition coefficient (Wildman–Crippen LogP) is 6.53. The number of aryl methyl sites for hydroxylation is 1. The number of likely N-dealkylation sites (tertiary alicyclic amines) is 1. The Bertz CT molecular complexity index is 1120. The minimum Gasteiger partial charge on any atom is -0.497 e. The number of hydrogen-bond acceptors (Lipinski definition) is 4. The van der Waals surface area contributed by atoms with Crippen LogP contribution in [0.3, 0.4) is 0 Å². The van der Waals surface area contributed by atoms with Crippen molar-refractivity contribution in [3.8, 4) is 5.75 Å². The van der Waals surface area contributed by atoms with E-state index in [9.17, 15) is 9.50 Å². The minimum atomic E-state index is -1.25. The zero-order chi connectivity index (χ0) is 24.8. The lowest BCUT2D eigenvalue weighted by molar-refractivity contribution is 0.0300. The van der Waals surface area contributed by atoms with Crippen LogP contribution in [0, 0.1) is 11.2 Å².